The van der Waals surface area contributed by atoms with Crippen molar-refractivity contribution in [3.05, 3.63) is 0 Å². The Hall–Kier alpha value is -0.120. The minimum atomic E-state index is -0.0397. The predicted octanol–water partition coefficient (Wildman–Crippen LogP) is 1.96. The second-order valence-electron chi connectivity index (χ2n) is 5.15. The first-order valence-corrected chi connectivity index (χ1v) is 5.92. The molecule has 1 N–H and O–H groups in total. The summed E-state index contributed by atoms with van der Waals surface area (Å²) in [7, 11) is 1.77. The number of hydrogen-bond acceptors (Lipinski definition) is 3. The number of nitrogens with one attached hydrogen (secondary N) is 1. The first-order chi connectivity index (χ1) is 7.03. The molecule has 0 aromatic heterocycles. The van der Waals surface area contributed by atoms with Crippen molar-refractivity contribution < 1.29 is 9.47 Å². The number of rotatable bonds is 5. The Labute approximate surface area is 93.5 Å². The summed E-state index contributed by atoms with van der Waals surface area (Å²) >= 11 is 0. The van der Waals surface area contributed by atoms with Crippen LogP contribution in [0.15, 0.2) is 0 Å². The molecule has 3 nitrogen and oxygen atoms in total. The summed E-state index contributed by atoms with van der Waals surface area (Å²) in [5.41, 5.74) is -0.0397. The molecule has 1 rings (SSSR count). The standard InChI is InChI=1S/C12H25NO2/c1-10(8-12(2,3)14-4)13-11-6-5-7-15-9-11/h10-11,13H,5-9H2,1-4H3. The SMILES string of the molecule is COC(C)(C)CC(C)NC1CCCOC1. The predicted molar refractivity (Wildman–Crippen MR) is 62.1 cm³/mol. The van der Waals surface area contributed by atoms with Crippen LogP contribution in [-0.4, -0.2) is 38.0 Å². The van der Waals surface area contributed by atoms with E-state index in [1.165, 1.54) is 12.8 Å². The molecule has 1 aliphatic rings. The molecule has 0 saturated carbocycles. The van der Waals surface area contributed by atoms with Crippen LogP contribution >= 0.6 is 0 Å². The summed E-state index contributed by atoms with van der Waals surface area (Å²) in [6.07, 6.45) is 3.44. The molecule has 2 atom stereocenters. The van der Waals surface area contributed by atoms with Crippen LogP contribution < -0.4 is 5.32 Å². The molecule has 3 heteroatoms. The zero-order valence-electron chi connectivity index (χ0n) is 10.5. The highest BCUT2D eigenvalue weighted by atomic mass is 16.5. The summed E-state index contributed by atoms with van der Waals surface area (Å²) in [5.74, 6) is 0. The third-order valence-electron chi connectivity index (χ3n) is 3.03. The topological polar surface area (TPSA) is 30.5 Å². The average Bonchev–Trinajstić information content (AvgIpc) is 2.18. The van der Waals surface area contributed by atoms with Gasteiger partial charge in [0, 0.05) is 25.8 Å². The van der Waals surface area contributed by atoms with Gasteiger partial charge in [0.1, 0.15) is 0 Å². The molecule has 0 aromatic carbocycles. The van der Waals surface area contributed by atoms with E-state index < -0.39 is 0 Å². The maximum absolute atomic E-state index is 5.45. The highest BCUT2D eigenvalue weighted by molar-refractivity contribution is 4.79. The van der Waals surface area contributed by atoms with Crippen molar-refractivity contribution in [1.29, 1.82) is 0 Å². The van der Waals surface area contributed by atoms with E-state index in [-0.39, 0.29) is 5.60 Å². The molecule has 1 fully saturated rings. The quantitative estimate of drug-likeness (QED) is 0.760. The summed E-state index contributed by atoms with van der Waals surface area (Å²) in [6.45, 7) is 8.26. The Kier molecular flexibility index (Phi) is 5.03. The van der Waals surface area contributed by atoms with Gasteiger partial charge in [0.05, 0.1) is 12.2 Å². The van der Waals surface area contributed by atoms with Crippen LogP contribution in [0.5, 0.6) is 0 Å². The fourth-order valence-corrected chi connectivity index (χ4v) is 2.15. The zero-order valence-corrected chi connectivity index (χ0v) is 10.5. The third-order valence-corrected chi connectivity index (χ3v) is 3.03. The minimum absolute atomic E-state index is 0.0397. The molecule has 0 radical (unpaired) electrons. The second-order valence-corrected chi connectivity index (χ2v) is 5.15. The van der Waals surface area contributed by atoms with Gasteiger partial charge in [-0.1, -0.05) is 0 Å². The van der Waals surface area contributed by atoms with E-state index in [1.807, 2.05) is 0 Å². The number of ether oxygens (including phenoxy) is 2. The number of methoxy groups -OCH3 is 1. The third kappa shape index (κ3) is 4.96. The van der Waals surface area contributed by atoms with Crippen molar-refractivity contribution >= 4 is 0 Å². The van der Waals surface area contributed by atoms with E-state index in [4.69, 9.17) is 9.47 Å². The lowest BCUT2D eigenvalue weighted by Crippen LogP contribution is -2.44. The Morgan fingerprint density at radius 1 is 1.53 bits per heavy atom. The van der Waals surface area contributed by atoms with E-state index in [1.54, 1.807) is 7.11 Å². The molecule has 2 unspecified atom stereocenters. The van der Waals surface area contributed by atoms with E-state index in [0.717, 1.165) is 19.6 Å². The summed E-state index contributed by atoms with van der Waals surface area (Å²) < 4.78 is 10.9. The first-order valence-electron chi connectivity index (χ1n) is 5.92. The van der Waals surface area contributed by atoms with Crippen LogP contribution in [0.3, 0.4) is 0 Å². The maximum atomic E-state index is 5.45. The number of hydrogen-bond donors (Lipinski definition) is 1. The van der Waals surface area contributed by atoms with Crippen molar-refractivity contribution in [3.63, 3.8) is 0 Å². The van der Waals surface area contributed by atoms with E-state index in [0.29, 0.717) is 12.1 Å². The highest BCUT2D eigenvalue weighted by Gasteiger charge is 2.22. The monoisotopic (exact) mass is 215 g/mol. The van der Waals surface area contributed by atoms with E-state index >= 15 is 0 Å². The van der Waals surface area contributed by atoms with Gasteiger partial charge in [-0.05, 0) is 40.0 Å². The van der Waals surface area contributed by atoms with Crippen LogP contribution in [0.4, 0.5) is 0 Å². The average molecular weight is 215 g/mol. The molecule has 90 valence electrons. The van der Waals surface area contributed by atoms with Gasteiger partial charge in [0.25, 0.3) is 0 Å². The van der Waals surface area contributed by atoms with Gasteiger partial charge in [0.15, 0.2) is 0 Å². The lowest BCUT2D eigenvalue weighted by atomic mass is 9.98. The summed E-state index contributed by atoms with van der Waals surface area (Å²) in [4.78, 5) is 0. The van der Waals surface area contributed by atoms with Crippen LogP contribution in [-0.2, 0) is 9.47 Å². The largest absolute Gasteiger partial charge is 0.380 e. The zero-order chi connectivity index (χ0) is 11.3. The second kappa shape index (κ2) is 5.83. The maximum Gasteiger partial charge on any atom is 0.0637 e. The molecule has 0 aromatic rings. The van der Waals surface area contributed by atoms with Gasteiger partial charge in [0.2, 0.25) is 0 Å². The Morgan fingerprint density at radius 3 is 2.80 bits per heavy atom. The smallest absolute Gasteiger partial charge is 0.0637 e. The van der Waals surface area contributed by atoms with Gasteiger partial charge < -0.3 is 14.8 Å². The normalized spacial score (nSPS) is 25.2. The van der Waals surface area contributed by atoms with Crippen LogP contribution in [0, 0.1) is 0 Å². The molecule has 1 heterocycles. The Bertz CT molecular complexity index is 176. The van der Waals surface area contributed by atoms with Crippen molar-refractivity contribution in [2.24, 2.45) is 0 Å². The first kappa shape index (κ1) is 12.9. The lowest BCUT2D eigenvalue weighted by Gasteiger charge is -2.31. The van der Waals surface area contributed by atoms with Crippen molar-refractivity contribution in [1.82, 2.24) is 5.32 Å². The van der Waals surface area contributed by atoms with Gasteiger partial charge in [-0.3, -0.25) is 0 Å². The molecule has 1 saturated heterocycles. The van der Waals surface area contributed by atoms with Gasteiger partial charge in [-0.15, -0.1) is 0 Å². The molecule has 0 spiro atoms. The van der Waals surface area contributed by atoms with E-state index in [9.17, 15) is 0 Å². The molecule has 15 heavy (non-hydrogen) atoms. The van der Waals surface area contributed by atoms with Gasteiger partial charge in [-0.25, -0.2) is 0 Å². The minimum Gasteiger partial charge on any atom is -0.380 e. The van der Waals surface area contributed by atoms with Crippen molar-refractivity contribution in [2.45, 2.75) is 57.7 Å². The molecular weight excluding hydrogens is 190 g/mol. The molecular formula is C12H25NO2. The fraction of sp³-hybridized carbons (Fsp3) is 1.00. The van der Waals surface area contributed by atoms with Crippen LogP contribution in [0.2, 0.25) is 0 Å². The van der Waals surface area contributed by atoms with Crippen LogP contribution in [0.25, 0.3) is 0 Å². The highest BCUT2D eigenvalue weighted by Crippen LogP contribution is 2.16. The van der Waals surface area contributed by atoms with Crippen molar-refractivity contribution in [3.8, 4) is 0 Å². The molecule has 1 aliphatic heterocycles. The fourth-order valence-electron chi connectivity index (χ4n) is 2.15. The van der Waals surface area contributed by atoms with E-state index in [2.05, 4.69) is 26.1 Å². The molecule has 0 bridgehead atoms. The summed E-state index contributed by atoms with van der Waals surface area (Å²) in [6, 6.07) is 1.01. The molecule has 0 amide bonds. The Balaban J connectivity index is 2.25. The van der Waals surface area contributed by atoms with Gasteiger partial charge >= 0.3 is 0 Å². The summed E-state index contributed by atoms with van der Waals surface area (Å²) in [5, 5.41) is 3.60. The van der Waals surface area contributed by atoms with Crippen molar-refractivity contribution in [2.75, 3.05) is 20.3 Å². The molecule has 0 aliphatic carbocycles. The van der Waals surface area contributed by atoms with Gasteiger partial charge in [-0.2, -0.15) is 0 Å². The van der Waals surface area contributed by atoms with Crippen LogP contribution in [0.1, 0.15) is 40.0 Å². The Morgan fingerprint density at radius 2 is 2.27 bits per heavy atom. The lowest BCUT2D eigenvalue weighted by molar-refractivity contribution is 0.00373.